The second kappa shape index (κ2) is 21.0. The minimum Gasteiger partial charge on any atom is -0.462 e. The van der Waals surface area contributed by atoms with Gasteiger partial charge in [-0.05, 0) is 107 Å². The summed E-state index contributed by atoms with van der Waals surface area (Å²) >= 11 is 3.43. The number of ketones is 1. The van der Waals surface area contributed by atoms with Crippen LogP contribution in [0.3, 0.4) is 0 Å². The SMILES string of the molecule is CC[C@H]1CCC[C@H](O[C@H]2CC[C@H](N(C)C)C(C)O2)[C@@H](C)C(=O)C2=C[C@@H]3C(c4nc(-c5cccs5)sc4[C@@H]4C[C@@H](OC(OC)C(OC)C(OC)C(OC)C(C)C)C[C@@H]34)[C@@H]2CC(=O)O1. The molecule has 16 atom stereocenters. The van der Waals surface area contributed by atoms with Crippen LogP contribution in [0.2, 0.25) is 0 Å². The van der Waals surface area contributed by atoms with Crippen LogP contribution in [0.1, 0.15) is 115 Å². The van der Waals surface area contributed by atoms with Gasteiger partial charge in [-0.1, -0.05) is 39.8 Å². The molecule has 0 spiro atoms. The number of esters is 1. The third-order valence-corrected chi connectivity index (χ3v) is 16.9. The molecule has 2 aliphatic heterocycles. The predicted molar refractivity (Wildman–Crippen MR) is 240 cm³/mol. The van der Waals surface area contributed by atoms with Crippen molar-refractivity contribution < 1.29 is 47.5 Å². The number of hydrogen-bond acceptors (Lipinski definition) is 14. The lowest BCUT2D eigenvalue weighted by molar-refractivity contribution is -0.246. The van der Waals surface area contributed by atoms with E-state index in [1.807, 2.05) is 6.92 Å². The van der Waals surface area contributed by atoms with Crippen LogP contribution < -0.4 is 0 Å². The van der Waals surface area contributed by atoms with Gasteiger partial charge in [-0.2, -0.15) is 0 Å². The maximum absolute atomic E-state index is 15.2. The predicted octanol–water partition coefficient (Wildman–Crippen LogP) is 8.63. The number of aromatic nitrogens is 1. The Hall–Kier alpha value is -2.11. The summed E-state index contributed by atoms with van der Waals surface area (Å²) in [6, 6.07) is 4.49. The fourth-order valence-electron chi connectivity index (χ4n) is 11.6. The smallest absolute Gasteiger partial charge is 0.306 e. The van der Waals surface area contributed by atoms with Crippen LogP contribution in [-0.4, -0.2) is 126 Å². The topological polar surface area (TPSA) is 124 Å². The zero-order chi connectivity index (χ0) is 44.4. The third kappa shape index (κ3) is 9.85. The Bertz CT molecular complexity index is 1820. The quantitative estimate of drug-likeness (QED) is 0.126. The van der Waals surface area contributed by atoms with Crippen molar-refractivity contribution in [3.8, 4) is 9.88 Å². The number of thiophene rings is 1. The lowest BCUT2D eigenvalue weighted by atomic mass is 9.67. The zero-order valence-electron chi connectivity index (χ0n) is 38.8. The molecule has 7 rings (SSSR count). The van der Waals surface area contributed by atoms with E-state index < -0.39 is 24.4 Å². The summed E-state index contributed by atoms with van der Waals surface area (Å²) in [6.45, 7) is 10.4. The third-order valence-electron chi connectivity index (χ3n) is 14.7. The van der Waals surface area contributed by atoms with Crippen molar-refractivity contribution in [2.45, 2.75) is 166 Å². The Balaban J connectivity index is 1.22. The van der Waals surface area contributed by atoms with Gasteiger partial charge >= 0.3 is 5.97 Å². The number of fused-ring (bicyclic) bond motifs is 8. The van der Waals surface area contributed by atoms with Gasteiger partial charge in [-0.25, -0.2) is 4.98 Å². The van der Waals surface area contributed by atoms with Crippen molar-refractivity contribution in [1.29, 1.82) is 0 Å². The molecule has 62 heavy (non-hydrogen) atoms. The number of ether oxygens (including phenoxy) is 8. The van der Waals surface area contributed by atoms with E-state index in [1.165, 1.54) is 4.88 Å². The number of likely N-dealkylation sites (N-methyl/N-ethyl adjacent to an activating group) is 1. The molecular formula is C48H72N2O10S2. The molecule has 2 aromatic rings. The number of allylic oxidation sites excluding steroid dienone is 2. The van der Waals surface area contributed by atoms with Crippen molar-refractivity contribution in [1.82, 2.24) is 9.88 Å². The van der Waals surface area contributed by atoms with Crippen LogP contribution in [0.15, 0.2) is 29.2 Å². The molecule has 5 aliphatic rings. The van der Waals surface area contributed by atoms with Gasteiger partial charge in [-0.3, -0.25) is 9.59 Å². The first-order valence-corrected chi connectivity index (χ1v) is 24.8. The molecule has 2 aromatic heterocycles. The molecule has 346 valence electrons. The van der Waals surface area contributed by atoms with Crippen molar-refractivity contribution in [3.63, 3.8) is 0 Å². The number of nitrogens with zero attached hydrogens (tertiary/aromatic N) is 2. The summed E-state index contributed by atoms with van der Waals surface area (Å²) < 4.78 is 50.5. The lowest BCUT2D eigenvalue weighted by Gasteiger charge is -2.40. The van der Waals surface area contributed by atoms with Crippen molar-refractivity contribution >= 4 is 34.4 Å². The van der Waals surface area contributed by atoms with E-state index in [0.29, 0.717) is 12.5 Å². The maximum atomic E-state index is 15.2. The Kier molecular flexibility index (Phi) is 16.2. The highest BCUT2D eigenvalue weighted by Gasteiger charge is 2.56. The Labute approximate surface area is 377 Å². The number of cyclic esters (lactones) is 1. The van der Waals surface area contributed by atoms with E-state index in [-0.39, 0.29) is 90.5 Å². The van der Waals surface area contributed by atoms with Crippen LogP contribution in [0.4, 0.5) is 0 Å². The van der Waals surface area contributed by atoms with Crippen molar-refractivity contribution in [2.24, 2.45) is 29.6 Å². The highest BCUT2D eigenvalue weighted by atomic mass is 32.1. The molecule has 0 aromatic carbocycles. The monoisotopic (exact) mass is 900 g/mol. The van der Waals surface area contributed by atoms with E-state index in [9.17, 15) is 4.79 Å². The van der Waals surface area contributed by atoms with E-state index in [4.69, 9.17) is 42.9 Å². The Morgan fingerprint density at radius 3 is 2.32 bits per heavy atom. The number of Topliss-reactive ketones (excluding diaryl/α,β-unsaturated/α-hetero) is 1. The molecule has 1 saturated carbocycles. The Morgan fingerprint density at radius 1 is 0.935 bits per heavy atom. The number of methoxy groups -OCH3 is 4. The van der Waals surface area contributed by atoms with Crippen LogP contribution in [0.25, 0.3) is 9.88 Å². The number of rotatable bonds is 15. The number of thiazole rings is 1. The molecule has 0 N–H and O–H groups in total. The average Bonchev–Trinajstić information content (AvgIpc) is 4.07. The van der Waals surface area contributed by atoms with Crippen molar-refractivity contribution in [2.75, 3.05) is 42.5 Å². The van der Waals surface area contributed by atoms with Crippen LogP contribution in [0.5, 0.6) is 0 Å². The molecule has 14 heteroatoms. The first-order valence-electron chi connectivity index (χ1n) is 23.1. The van der Waals surface area contributed by atoms with Crippen LogP contribution in [0, 0.1) is 29.6 Å². The van der Waals surface area contributed by atoms with E-state index in [0.717, 1.165) is 66.1 Å². The normalized spacial score (nSPS) is 34.9. The van der Waals surface area contributed by atoms with Gasteiger partial charge < -0.3 is 42.8 Å². The second-order valence-electron chi connectivity index (χ2n) is 18.9. The number of hydrogen-bond donors (Lipinski definition) is 0. The Morgan fingerprint density at radius 2 is 1.69 bits per heavy atom. The molecule has 0 radical (unpaired) electrons. The van der Waals surface area contributed by atoms with Gasteiger partial charge in [0.25, 0.3) is 0 Å². The standard InChI is InChI=1S/C48H72N2O10S2/c1-12-28-15-13-16-36(60-39-19-18-35(50(6)7)27(5)57-39)26(4)42(52)33-23-31-30-21-29(59-48(56-11)45(55-10)44(54-9)43(53-8)25(2)3)22-34(30)46-41(40(31)32(33)24-38(51)58-28)49-47(62-46)37-17-14-20-61-37/h14,17,20,23,25-32,34-36,39-40,43-45,48H,12-13,15-16,18-19,21-22,24H2,1-11H3/t26-,27?,28+,29+,30+,31+,32-,34-,35+,36+,39+,40?,43?,44?,45?,48?/m1/s1. The fourth-order valence-corrected chi connectivity index (χ4v) is 13.7. The average molecular weight is 901 g/mol. The summed E-state index contributed by atoms with van der Waals surface area (Å²) in [5.74, 6) is -0.710. The second-order valence-corrected chi connectivity index (χ2v) is 20.9. The highest BCUT2D eigenvalue weighted by Crippen LogP contribution is 2.63. The largest absolute Gasteiger partial charge is 0.462 e. The summed E-state index contributed by atoms with van der Waals surface area (Å²) in [6.07, 6.45) is 5.51. The highest BCUT2D eigenvalue weighted by molar-refractivity contribution is 7.21. The molecule has 0 amide bonds. The first kappa shape index (κ1) is 47.8. The maximum Gasteiger partial charge on any atom is 0.306 e. The molecule has 3 aliphatic carbocycles. The summed E-state index contributed by atoms with van der Waals surface area (Å²) in [4.78, 5) is 39.2. The molecule has 3 fully saturated rings. The van der Waals surface area contributed by atoms with Crippen LogP contribution >= 0.6 is 22.7 Å². The number of carbonyl (C=O) groups excluding carboxylic acids is 2. The molecular weight excluding hydrogens is 829 g/mol. The summed E-state index contributed by atoms with van der Waals surface area (Å²) in [5.41, 5.74) is 1.73. The minimum absolute atomic E-state index is 0.0109. The van der Waals surface area contributed by atoms with Gasteiger partial charge in [-0.15, -0.1) is 22.7 Å². The van der Waals surface area contributed by atoms with Gasteiger partial charge in [0.1, 0.15) is 23.3 Å². The van der Waals surface area contributed by atoms with E-state index in [1.54, 1.807) is 51.1 Å². The molecule has 4 heterocycles. The lowest BCUT2D eigenvalue weighted by Crippen LogP contribution is -2.51. The van der Waals surface area contributed by atoms with Crippen molar-refractivity contribution in [3.05, 3.63) is 39.7 Å². The fraction of sp³-hybridized carbons (Fsp3) is 0.771. The summed E-state index contributed by atoms with van der Waals surface area (Å²) in [7, 11) is 10.8. The van der Waals surface area contributed by atoms with E-state index in [2.05, 4.69) is 70.3 Å². The van der Waals surface area contributed by atoms with Gasteiger partial charge in [0.2, 0.25) is 0 Å². The van der Waals surface area contributed by atoms with E-state index >= 15 is 4.79 Å². The molecule has 12 nitrogen and oxygen atoms in total. The summed E-state index contributed by atoms with van der Waals surface area (Å²) in [5, 5.41) is 3.06. The number of carbonyl (C=O) groups is 2. The molecule has 0 bridgehead atoms. The van der Waals surface area contributed by atoms with Gasteiger partial charge in [0, 0.05) is 63.0 Å². The van der Waals surface area contributed by atoms with Gasteiger partial charge in [0.05, 0.1) is 41.4 Å². The first-order chi connectivity index (χ1) is 29.8. The zero-order valence-corrected chi connectivity index (χ0v) is 40.4. The minimum atomic E-state index is -0.715. The van der Waals surface area contributed by atoms with Crippen LogP contribution in [-0.2, 0) is 47.5 Å². The molecule has 2 saturated heterocycles. The van der Waals surface area contributed by atoms with Gasteiger partial charge in [0.15, 0.2) is 18.4 Å². The molecule has 6 unspecified atom stereocenters.